The van der Waals surface area contributed by atoms with Gasteiger partial charge in [0.15, 0.2) is 0 Å². The number of hydrogen-bond donors (Lipinski definition) is 2. The van der Waals surface area contributed by atoms with Gasteiger partial charge in [-0.25, -0.2) is 4.39 Å². The molecule has 0 spiro atoms. The number of rotatable bonds is 1. The third-order valence-electron chi connectivity index (χ3n) is 2.77. The molecule has 1 aliphatic rings. The first-order valence-electron chi connectivity index (χ1n) is 4.82. The van der Waals surface area contributed by atoms with Crippen molar-refractivity contribution in [2.45, 2.75) is 25.0 Å². The Labute approximate surface area is 94.9 Å². The predicted molar refractivity (Wildman–Crippen MR) is 59.6 cm³/mol. The molecule has 1 saturated heterocycles. The van der Waals surface area contributed by atoms with Crippen LogP contribution in [0.5, 0.6) is 0 Å². The number of halogens is 2. The molecule has 2 unspecified atom stereocenters. The third-order valence-corrected chi connectivity index (χ3v) is 2.77. The van der Waals surface area contributed by atoms with Crippen molar-refractivity contribution in [2.24, 2.45) is 0 Å². The summed E-state index contributed by atoms with van der Waals surface area (Å²) in [4.78, 5) is 0. The van der Waals surface area contributed by atoms with Crippen LogP contribution in [0.3, 0.4) is 0 Å². The highest BCUT2D eigenvalue weighted by Crippen LogP contribution is 2.30. The standard InChI is InChI=1S/C11H14FNO.ClH/c1-8-6-11(14,7-13-8)9-2-4-10(12)5-3-9;/h2-5,8,13-14H,6-7H2,1H3;1H. The van der Waals surface area contributed by atoms with Gasteiger partial charge >= 0.3 is 0 Å². The molecule has 2 rings (SSSR count). The Morgan fingerprint density at radius 3 is 2.47 bits per heavy atom. The molecule has 0 amide bonds. The third kappa shape index (κ3) is 2.48. The van der Waals surface area contributed by atoms with Gasteiger partial charge in [-0.2, -0.15) is 0 Å². The fraction of sp³-hybridized carbons (Fsp3) is 0.455. The summed E-state index contributed by atoms with van der Waals surface area (Å²) < 4.78 is 12.7. The van der Waals surface area contributed by atoms with Crippen LogP contribution in [-0.4, -0.2) is 17.7 Å². The van der Waals surface area contributed by atoms with E-state index in [2.05, 4.69) is 5.32 Å². The van der Waals surface area contributed by atoms with Gasteiger partial charge in [0.05, 0.1) is 0 Å². The van der Waals surface area contributed by atoms with Crippen molar-refractivity contribution >= 4 is 12.4 Å². The molecule has 2 N–H and O–H groups in total. The van der Waals surface area contributed by atoms with Crippen LogP contribution < -0.4 is 5.32 Å². The Hall–Kier alpha value is -0.640. The monoisotopic (exact) mass is 231 g/mol. The lowest BCUT2D eigenvalue weighted by molar-refractivity contribution is 0.0564. The summed E-state index contributed by atoms with van der Waals surface area (Å²) in [5.74, 6) is -0.267. The second kappa shape index (κ2) is 4.47. The number of β-amino-alcohol motifs (C(OH)–C–C–N with tert-alkyl or cyclic N) is 1. The van der Waals surface area contributed by atoms with Gasteiger partial charge in [-0.15, -0.1) is 12.4 Å². The molecule has 1 aliphatic heterocycles. The van der Waals surface area contributed by atoms with E-state index >= 15 is 0 Å². The average molecular weight is 232 g/mol. The summed E-state index contributed by atoms with van der Waals surface area (Å²) in [7, 11) is 0. The smallest absolute Gasteiger partial charge is 0.123 e. The van der Waals surface area contributed by atoms with Crippen LogP contribution in [0.2, 0.25) is 0 Å². The molecule has 2 atom stereocenters. The van der Waals surface area contributed by atoms with Crippen molar-refractivity contribution in [3.8, 4) is 0 Å². The summed E-state index contributed by atoms with van der Waals surface area (Å²) in [5, 5.41) is 13.4. The Morgan fingerprint density at radius 2 is 2.00 bits per heavy atom. The van der Waals surface area contributed by atoms with Crippen LogP contribution in [0.15, 0.2) is 24.3 Å². The Morgan fingerprint density at radius 1 is 1.40 bits per heavy atom. The molecular weight excluding hydrogens is 217 g/mol. The minimum atomic E-state index is -0.826. The van der Waals surface area contributed by atoms with E-state index in [1.54, 1.807) is 12.1 Å². The van der Waals surface area contributed by atoms with Crippen molar-refractivity contribution in [1.82, 2.24) is 5.32 Å². The first kappa shape index (κ1) is 12.4. The van der Waals surface area contributed by atoms with Crippen LogP contribution >= 0.6 is 12.4 Å². The molecule has 0 bridgehead atoms. The second-order valence-electron chi connectivity index (χ2n) is 4.02. The molecular formula is C11H15ClFNO. The lowest BCUT2D eigenvalue weighted by Gasteiger charge is -2.21. The van der Waals surface area contributed by atoms with E-state index in [1.807, 2.05) is 6.92 Å². The molecule has 0 aliphatic carbocycles. The van der Waals surface area contributed by atoms with Gasteiger partial charge in [-0.05, 0) is 31.0 Å². The zero-order chi connectivity index (χ0) is 10.2. The zero-order valence-corrected chi connectivity index (χ0v) is 9.35. The number of aliphatic hydroxyl groups is 1. The molecule has 1 fully saturated rings. The maximum absolute atomic E-state index is 12.7. The quantitative estimate of drug-likeness (QED) is 0.773. The largest absolute Gasteiger partial charge is 0.384 e. The normalized spacial score (nSPS) is 29.9. The summed E-state index contributed by atoms with van der Waals surface area (Å²) >= 11 is 0. The molecule has 0 aromatic heterocycles. The molecule has 2 nitrogen and oxygen atoms in total. The summed E-state index contributed by atoms with van der Waals surface area (Å²) in [6, 6.07) is 6.38. The highest BCUT2D eigenvalue weighted by molar-refractivity contribution is 5.85. The molecule has 1 heterocycles. The molecule has 1 aromatic carbocycles. The van der Waals surface area contributed by atoms with Crippen molar-refractivity contribution in [3.05, 3.63) is 35.6 Å². The van der Waals surface area contributed by atoms with Crippen molar-refractivity contribution < 1.29 is 9.50 Å². The minimum absolute atomic E-state index is 0. The highest BCUT2D eigenvalue weighted by Gasteiger charge is 2.36. The zero-order valence-electron chi connectivity index (χ0n) is 8.53. The van der Waals surface area contributed by atoms with Gasteiger partial charge in [0.2, 0.25) is 0 Å². The van der Waals surface area contributed by atoms with Crippen LogP contribution in [0.25, 0.3) is 0 Å². The van der Waals surface area contributed by atoms with E-state index in [9.17, 15) is 9.50 Å². The van der Waals surface area contributed by atoms with E-state index in [-0.39, 0.29) is 18.2 Å². The molecule has 0 radical (unpaired) electrons. The molecule has 1 aromatic rings. The number of hydrogen-bond acceptors (Lipinski definition) is 2. The van der Waals surface area contributed by atoms with Crippen LogP contribution in [0.1, 0.15) is 18.9 Å². The lowest BCUT2D eigenvalue weighted by Crippen LogP contribution is -2.28. The van der Waals surface area contributed by atoms with Crippen LogP contribution in [-0.2, 0) is 5.60 Å². The first-order chi connectivity index (χ1) is 6.60. The van der Waals surface area contributed by atoms with Crippen molar-refractivity contribution in [2.75, 3.05) is 6.54 Å². The van der Waals surface area contributed by atoms with E-state index in [0.717, 1.165) is 5.56 Å². The van der Waals surface area contributed by atoms with E-state index in [4.69, 9.17) is 0 Å². The van der Waals surface area contributed by atoms with Crippen molar-refractivity contribution in [1.29, 1.82) is 0 Å². The SMILES string of the molecule is CC1CC(O)(c2ccc(F)cc2)CN1.Cl. The van der Waals surface area contributed by atoms with Gasteiger partial charge in [-0.1, -0.05) is 12.1 Å². The van der Waals surface area contributed by atoms with Crippen molar-refractivity contribution in [3.63, 3.8) is 0 Å². The number of nitrogens with one attached hydrogen (secondary N) is 1. The Balaban J connectivity index is 0.00000112. The van der Waals surface area contributed by atoms with Gasteiger partial charge in [-0.3, -0.25) is 0 Å². The predicted octanol–water partition coefficient (Wildman–Crippen LogP) is 1.82. The second-order valence-corrected chi connectivity index (χ2v) is 4.02. The maximum atomic E-state index is 12.7. The molecule has 4 heteroatoms. The molecule has 0 saturated carbocycles. The van der Waals surface area contributed by atoms with E-state index in [0.29, 0.717) is 19.0 Å². The Kier molecular flexibility index (Phi) is 3.71. The van der Waals surface area contributed by atoms with Gasteiger partial charge < -0.3 is 10.4 Å². The fourth-order valence-corrected chi connectivity index (χ4v) is 1.97. The average Bonchev–Trinajstić information content (AvgIpc) is 2.48. The Bertz CT molecular complexity index is 330. The highest BCUT2D eigenvalue weighted by atomic mass is 35.5. The topological polar surface area (TPSA) is 32.3 Å². The maximum Gasteiger partial charge on any atom is 0.123 e. The first-order valence-corrected chi connectivity index (χ1v) is 4.82. The van der Waals surface area contributed by atoms with Gasteiger partial charge in [0.25, 0.3) is 0 Å². The molecule has 15 heavy (non-hydrogen) atoms. The van der Waals surface area contributed by atoms with E-state index in [1.165, 1.54) is 12.1 Å². The van der Waals surface area contributed by atoms with Gasteiger partial charge in [0.1, 0.15) is 11.4 Å². The van der Waals surface area contributed by atoms with Crippen LogP contribution in [0.4, 0.5) is 4.39 Å². The summed E-state index contributed by atoms with van der Waals surface area (Å²) in [5.41, 5.74) is -0.0385. The summed E-state index contributed by atoms with van der Waals surface area (Å²) in [6.45, 7) is 2.57. The van der Waals surface area contributed by atoms with Gasteiger partial charge in [0, 0.05) is 12.6 Å². The van der Waals surface area contributed by atoms with Crippen LogP contribution in [0, 0.1) is 5.82 Å². The summed E-state index contributed by atoms with van der Waals surface area (Å²) in [6.07, 6.45) is 0.679. The van der Waals surface area contributed by atoms with E-state index < -0.39 is 5.60 Å². The lowest BCUT2D eigenvalue weighted by atomic mass is 9.91. The number of benzene rings is 1. The minimum Gasteiger partial charge on any atom is -0.384 e. The fourth-order valence-electron chi connectivity index (χ4n) is 1.97. The molecule has 84 valence electrons.